The van der Waals surface area contributed by atoms with Gasteiger partial charge in [0.05, 0.1) is 13.2 Å². The molecule has 7 heteroatoms. The van der Waals surface area contributed by atoms with Gasteiger partial charge in [-0.05, 0) is 24.6 Å². The van der Waals surface area contributed by atoms with Gasteiger partial charge in [0.25, 0.3) is 0 Å². The molecule has 0 spiro atoms. The Kier molecular flexibility index (Phi) is 7.65. The fraction of sp³-hybridized carbons (Fsp3) is 0.333. The summed E-state index contributed by atoms with van der Waals surface area (Å²) in [6.45, 7) is 4.56. The first-order chi connectivity index (χ1) is 12.2. The van der Waals surface area contributed by atoms with Gasteiger partial charge in [0.15, 0.2) is 5.96 Å². The maximum Gasteiger partial charge on any atom is 0.219 e. The minimum atomic E-state index is -0.347. The molecule has 0 atom stereocenters. The van der Waals surface area contributed by atoms with Gasteiger partial charge in [-0.2, -0.15) is 0 Å². The van der Waals surface area contributed by atoms with Gasteiger partial charge in [-0.15, -0.1) is 0 Å². The van der Waals surface area contributed by atoms with Crippen molar-refractivity contribution in [1.82, 2.24) is 15.6 Å². The van der Waals surface area contributed by atoms with Crippen LogP contribution in [0, 0.1) is 5.82 Å². The van der Waals surface area contributed by atoms with Gasteiger partial charge in [0.2, 0.25) is 5.88 Å². The third-order valence-corrected chi connectivity index (χ3v) is 3.18. The molecule has 2 rings (SSSR count). The van der Waals surface area contributed by atoms with Crippen LogP contribution in [0.15, 0.2) is 47.6 Å². The molecule has 2 N–H and O–H groups in total. The molecule has 25 heavy (non-hydrogen) atoms. The van der Waals surface area contributed by atoms with Gasteiger partial charge in [0, 0.05) is 38.5 Å². The summed E-state index contributed by atoms with van der Waals surface area (Å²) < 4.78 is 23.7. The van der Waals surface area contributed by atoms with Crippen LogP contribution in [0.1, 0.15) is 12.5 Å². The average molecular weight is 346 g/mol. The largest absolute Gasteiger partial charge is 0.439 e. The highest BCUT2D eigenvalue weighted by Gasteiger charge is 2.02. The van der Waals surface area contributed by atoms with Crippen molar-refractivity contribution >= 4 is 5.96 Å². The van der Waals surface area contributed by atoms with E-state index in [1.807, 2.05) is 13.0 Å². The fourth-order valence-electron chi connectivity index (χ4n) is 2.00. The number of guanidine groups is 1. The second-order valence-electron chi connectivity index (χ2n) is 5.18. The van der Waals surface area contributed by atoms with Gasteiger partial charge < -0.3 is 20.1 Å². The van der Waals surface area contributed by atoms with E-state index in [2.05, 4.69) is 20.6 Å². The zero-order chi connectivity index (χ0) is 17.9. The van der Waals surface area contributed by atoms with Crippen molar-refractivity contribution < 1.29 is 13.9 Å². The van der Waals surface area contributed by atoms with Crippen LogP contribution in [0.5, 0.6) is 11.6 Å². The maximum atomic E-state index is 13.1. The van der Waals surface area contributed by atoms with Crippen LogP contribution < -0.4 is 15.4 Å². The van der Waals surface area contributed by atoms with Gasteiger partial charge in [-0.1, -0.05) is 12.1 Å². The number of benzene rings is 1. The molecule has 0 unspecified atom stereocenters. The van der Waals surface area contributed by atoms with Crippen molar-refractivity contribution in [2.45, 2.75) is 13.5 Å². The molecule has 0 saturated heterocycles. The minimum absolute atomic E-state index is 0.347. The molecular weight excluding hydrogens is 323 g/mol. The van der Waals surface area contributed by atoms with Gasteiger partial charge in [-0.3, -0.25) is 0 Å². The Balaban J connectivity index is 1.93. The summed E-state index contributed by atoms with van der Waals surface area (Å²) in [6, 6.07) is 9.56. The van der Waals surface area contributed by atoms with E-state index in [9.17, 15) is 4.39 Å². The Bertz CT molecular complexity index is 677. The van der Waals surface area contributed by atoms with Gasteiger partial charge in [0.1, 0.15) is 11.6 Å². The van der Waals surface area contributed by atoms with Crippen LogP contribution in [0.2, 0.25) is 0 Å². The first-order valence-corrected chi connectivity index (χ1v) is 8.10. The lowest BCUT2D eigenvalue weighted by molar-refractivity contribution is 0.203. The Morgan fingerprint density at radius 1 is 1.24 bits per heavy atom. The molecule has 0 radical (unpaired) electrons. The van der Waals surface area contributed by atoms with Crippen LogP contribution in [-0.4, -0.2) is 37.7 Å². The lowest BCUT2D eigenvalue weighted by Gasteiger charge is -2.10. The molecule has 0 aliphatic heterocycles. The number of pyridine rings is 1. The van der Waals surface area contributed by atoms with Crippen molar-refractivity contribution in [3.05, 3.63) is 54.0 Å². The van der Waals surface area contributed by atoms with E-state index in [0.29, 0.717) is 31.3 Å². The number of methoxy groups -OCH3 is 1. The Morgan fingerprint density at radius 2 is 2.12 bits per heavy atom. The number of rotatable bonds is 8. The number of aromatic nitrogens is 1. The summed E-state index contributed by atoms with van der Waals surface area (Å²) in [5.74, 6) is 1.19. The monoisotopic (exact) mass is 346 g/mol. The molecular formula is C18H23FN4O2. The SMILES string of the molecule is CCNC(=NCc1ccc(Oc2cccc(F)c2)nc1)NCCOC. The number of nitrogens with zero attached hydrogens (tertiary/aromatic N) is 2. The number of hydrogen-bond acceptors (Lipinski definition) is 4. The van der Waals surface area contributed by atoms with Gasteiger partial charge in [-0.25, -0.2) is 14.4 Å². The first-order valence-electron chi connectivity index (χ1n) is 8.10. The number of hydrogen-bond donors (Lipinski definition) is 2. The highest BCUT2D eigenvalue weighted by Crippen LogP contribution is 2.20. The molecule has 1 aromatic carbocycles. The summed E-state index contributed by atoms with van der Waals surface area (Å²) in [6.07, 6.45) is 1.69. The van der Waals surface area contributed by atoms with Crippen LogP contribution in [0.25, 0.3) is 0 Å². The molecule has 1 aromatic heterocycles. The van der Waals surface area contributed by atoms with E-state index in [0.717, 1.165) is 18.1 Å². The highest BCUT2D eigenvalue weighted by atomic mass is 19.1. The number of nitrogens with one attached hydrogen (secondary N) is 2. The predicted octanol–water partition coefficient (Wildman–Crippen LogP) is 2.71. The third-order valence-electron chi connectivity index (χ3n) is 3.18. The molecule has 0 saturated carbocycles. The molecule has 0 fully saturated rings. The predicted molar refractivity (Wildman–Crippen MR) is 95.4 cm³/mol. The summed E-state index contributed by atoms with van der Waals surface area (Å²) in [4.78, 5) is 8.72. The number of aliphatic imine (C=N–C) groups is 1. The molecule has 6 nitrogen and oxygen atoms in total. The molecule has 0 aliphatic carbocycles. The Labute approximate surface area is 147 Å². The molecule has 0 amide bonds. The zero-order valence-electron chi connectivity index (χ0n) is 14.5. The quantitative estimate of drug-likeness (QED) is 0.437. The van der Waals surface area contributed by atoms with Crippen LogP contribution in [0.3, 0.4) is 0 Å². The van der Waals surface area contributed by atoms with Crippen LogP contribution in [-0.2, 0) is 11.3 Å². The molecule has 134 valence electrons. The van der Waals surface area contributed by atoms with Crippen LogP contribution in [0.4, 0.5) is 4.39 Å². The van der Waals surface area contributed by atoms with Crippen molar-refractivity contribution in [2.75, 3.05) is 26.8 Å². The van der Waals surface area contributed by atoms with Crippen molar-refractivity contribution in [2.24, 2.45) is 4.99 Å². The van der Waals surface area contributed by atoms with E-state index in [1.165, 1.54) is 12.1 Å². The molecule has 1 heterocycles. The normalized spacial score (nSPS) is 11.2. The fourth-order valence-corrected chi connectivity index (χ4v) is 2.00. The Morgan fingerprint density at radius 3 is 2.80 bits per heavy atom. The second-order valence-corrected chi connectivity index (χ2v) is 5.18. The smallest absolute Gasteiger partial charge is 0.219 e. The summed E-state index contributed by atoms with van der Waals surface area (Å²) in [5, 5.41) is 6.34. The topological polar surface area (TPSA) is 67.8 Å². The lowest BCUT2D eigenvalue weighted by atomic mass is 10.3. The zero-order valence-corrected chi connectivity index (χ0v) is 14.5. The molecule has 0 aliphatic rings. The van der Waals surface area contributed by atoms with E-state index < -0.39 is 0 Å². The average Bonchev–Trinajstić information content (AvgIpc) is 2.61. The van der Waals surface area contributed by atoms with Crippen molar-refractivity contribution in [3.63, 3.8) is 0 Å². The summed E-state index contributed by atoms with van der Waals surface area (Å²) >= 11 is 0. The summed E-state index contributed by atoms with van der Waals surface area (Å²) in [7, 11) is 1.66. The van der Waals surface area contributed by atoms with E-state index in [1.54, 1.807) is 31.5 Å². The lowest BCUT2D eigenvalue weighted by Crippen LogP contribution is -2.38. The highest BCUT2D eigenvalue weighted by molar-refractivity contribution is 5.79. The van der Waals surface area contributed by atoms with E-state index >= 15 is 0 Å². The minimum Gasteiger partial charge on any atom is -0.439 e. The number of ether oxygens (including phenoxy) is 2. The number of halogens is 1. The standard InChI is InChI=1S/C18H23FN4O2/c1-3-20-18(21-9-10-24-2)23-13-14-7-8-17(22-12-14)25-16-6-4-5-15(19)11-16/h4-8,11-12H,3,9-10,13H2,1-2H3,(H2,20,21,23). The van der Waals surface area contributed by atoms with Gasteiger partial charge >= 0.3 is 0 Å². The summed E-state index contributed by atoms with van der Waals surface area (Å²) in [5.41, 5.74) is 0.940. The third kappa shape index (κ3) is 6.76. The van der Waals surface area contributed by atoms with Crippen LogP contribution >= 0.6 is 0 Å². The molecule has 2 aromatic rings. The van der Waals surface area contributed by atoms with Crippen molar-refractivity contribution in [1.29, 1.82) is 0 Å². The van der Waals surface area contributed by atoms with E-state index in [-0.39, 0.29) is 5.82 Å². The van der Waals surface area contributed by atoms with Crippen molar-refractivity contribution in [3.8, 4) is 11.6 Å². The molecule has 0 bridgehead atoms. The first kappa shape index (κ1) is 18.7. The second kappa shape index (κ2) is 10.2. The van der Waals surface area contributed by atoms with E-state index in [4.69, 9.17) is 9.47 Å². The Hall–Kier alpha value is -2.67. The maximum absolute atomic E-state index is 13.1.